The topological polar surface area (TPSA) is 70.7 Å². The van der Waals surface area contributed by atoms with Crippen LogP contribution in [-0.2, 0) is 6.54 Å². The summed E-state index contributed by atoms with van der Waals surface area (Å²) in [6.07, 6.45) is 4.11. The third-order valence-corrected chi connectivity index (χ3v) is 5.94. The lowest BCUT2D eigenvalue weighted by Gasteiger charge is -2.37. The molecular weight excluding hydrogens is 362 g/mol. The van der Waals surface area contributed by atoms with E-state index in [1.54, 1.807) is 29.5 Å². The highest BCUT2D eigenvalue weighted by atomic mass is 32.1. The van der Waals surface area contributed by atoms with Crippen LogP contribution in [0.3, 0.4) is 0 Å². The molecule has 142 valence electrons. The summed E-state index contributed by atoms with van der Waals surface area (Å²) >= 11 is 1.60. The molecule has 0 spiro atoms. The van der Waals surface area contributed by atoms with E-state index in [-0.39, 0.29) is 18.0 Å². The van der Waals surface area contributed by atoms with Crippen molar-refractivity contribution < 1.29 is 14.3 Å². The molecule has 0 radical (unpaired) electrons. The number of nitrogens with zero attached hydrogens (tertiary/aromatic N) is 1. The van der Waals surface area contributed by atoms with E-state index >= 15 is 0 Å². The molecule has 3 amide bonds. The van der Waals surface area contributed by atoms with Crippen LogP contribution in [0.4, 0.5) is 10.5 Å². The van der Waals surface area contributed by atoms with Crippen LogP contribution in [0, 0.1) is 0 Å². The number of nitrogens with one attached hydrogen (secondary N) is 2. The highest BCUT2D eigenvalue weighted by Crippen LogP contribution is 2.30. The SMILES string of the molecule is O=C(NCc1cccs1)Nc1ccc2c(c1)C(=O)N1CCCC[C@@H]1CCO2. The molecule has 0 saturated carbocycles. The Morgan fingerprint density at radius 2 is 2.19 bits per heavy atom. The van der Waals surface area contributed by atoms with Gasteiger partial charge in [-0.1, -0.05) is 6.07 Å². The largest absolute Gasteiger partial charge is 0.493 e. The molecule has 2 aromatic rings. The number of hydrogen-bond acceptors (Lipinski definition) is 4. The van der Waals surface area contributed by atoms with Gasteiger partial charge in [0.2, 0.25) is 0 Å². The Morgan fingerprint density at radius 1 is 1.26 bits per heavy atom. The summed E-state index contributed by atoms with van der Waals surface area (Å²) in [5.74, 6) is 0.589. The summed E-state index contributed by atoms with van der Waals surface area (Å²) in [6, 6.07) is 9.15. The van der Waals surface area contributed by atoms with Gasteiger partial charge < -0.3 is 20.3 Å². The van der Waals surface area contributed by atoms with Crippen LogP contribution in [0.1, 0.15) is 40.9 Å². The zero-order valence-electron chi connectivity index (χ0n) is 15.1. The second-order valence-corrected chi connectivity index (χ2v) is 7.92. The van der Waals surface area contributed by atoms with Gasteiger partial charge in [0.1, 0.15) is 5.75 Å². The van der Waals surface area contributed by atoms with Crippen LogP contribution < -0.4 is 15.4 Å². The highest BCUT2D eigenvalue weighted by molar-refractivity contribution is 7.09. The average Bonchev–Trinajstić information content (AvgIpc) is 3.20. The van der Waals surface area contributed by atoms with Gasteiger partial charge in [-0.05, 0) is 48.9 Å². The first-order chi connectivity index (χ1) is 13.2. The Hall–Kier alpha value is -2.54. The van der Waals surface area contributed by atoms with Crippen molar-refractivity contribution in [3.05, 3.63) is 46.2 Å². The molecule has 1 fully saturated rings. The van der Waals surface area contributed by atoms with Crippen LogP contribution in [0.2, 0.25) is 0 Å². The van der Waals surface area contributed by atoms with Gasteiger partial charge >= 0.3 is 6.03 Å². The Morgan fingerprint density at radius 3 is 3.04 bits per heavy atom. The summed E-state index contributed by atoms with van der Waals surface area (Å²) in [4.78, 5) is 28.3. The Balaban J connectivity index is 1.48. The molecule has 27 heavy (non-hydrogen) atoms. The molecule has 6 nitrogen and oxygen atoms in total. The zero-order valence-corrected chi connectivity index (χ0v) is 15.9. The number of carbonyl (C=O) groups is 2. The maximum atomic E-state index is 13.1. The van der Waals surface area contributed by atoms with Crippen molar-refractivity contribution in [2.24, 2.45) is 0 Å². The standard InChI is InChI=1S/C20H23N3O3S/c24-19-17-12-14(22-20(25)21-13-16-5-3-11-27-16)6-7-18(17)26-10-8-15-4-1-2-9-23(15)19/h3,5-7,11-12,15H,1-2,4,8-10,13H2,(H2,21,22,25)/t15-/m1/s1. The van der Waals surface area contributed by atoms with Crippen LogP contribution in [-0.4, -0.2) is 36.0 Å². The number of benzene rings is 1. The first-order valence-corrected chi connectivity index (χ1v) is 10.2. The lowest BCUT2D eigenvalue weighted by Crippen LogP contribution is -2.45. The van der Waals surface area contributed by atoms with Crippen molar-refractivity contribution in [3.8, 4) is 5.75 Å². The van der Waals surface area contributed by atoms with Gasteiger partial charge in [-0.15, -0.1) is 11.3 Å². The van der Waals surface area contributed by atoms with Gasteiger partial charge in [0.25, 0.3) is 5.91 Å². The van der Waals surface area contributed by atoms with Crippen LogP contribution >= 0.6 is 11.3 Å². The number of fused-ring (bicyclic) bond motifs is 2. The summed E-state index contributed by atoms with van der Waals surface area (Å²) in [5, 5.41) is 7.61. The van der Waals surface area contributed by atoms with E-state index in [9.17, 15) is 9.59 Å². The molecule has 1 aromatic carbocycles. The fraction of sp³-hybridized carbons (Fsp3) is 0.400. The smallest absolute Gasteiger partial charge is 0.319 e. The third kappa shape index (κ3) is 4.08. The molecule has 0 bridgehead atoms. The first kappa shape index (κ1) is 17.9. The minimum absolute atomic E-state index is 0.00274. The predicted octanol–water partition coefficient (Wildman–Crippen LogP) is 3.85. The van der Waals surface area contributed by atoms with Crippen molar-refractivity contribution in [3.63, 3.8) is 0 Å². The number of piperidine rings is 1. The van der Waals surface area contributed by atoms with Gasteiger partial charge in [-0.25, -0.2) is 4.79 Å². The number of urea groups is 1. The maximum Gasteiger partial charge on any atom is 0.319 e. The van der Waals surface area contributed by atoms with Crippen LogP contribution in [0.5, 0.6) is 5.75 Å². The summed E-state index contributed by atoms with van der Waals surface area (Å²) in [6.45, 7) is 1.88. The highest BCUT2D eigenvalue weighted by Gasteiger charge is 2.31. The lowest BCUT2D eigenvalue weighted by atomic mass is 9.97. The minimum Gasteiger partial charge on any atom is -0.493 e. The Bertz CT molecular complexity index is 822. The van der Waals surface area contributed by atoms with E-state index in [1.807, 2.05) is 22.4 Å². The van der Waals surface area contributed by atoms with Crippen molar-refractivity contribution >= 4 is 29.0 Å². The van der Waals surface area contributed by atoms with E-state index in [2.05, 4.69) is 10.6 Å². The molecular formula is C20H23N3O3S. The molecule has 0 aliphatic carbocycles. The summed E-state index contributed by atoms with van der Waals surface area (Å²) in [5.41, 5.74) is 1.11. The minimum atomic E-state index is -0.293. The van der Waals surface area contributed by atoms with Crippen molar-refractivity contribution in [1.29, 1.82) is 0 Å². The summed E-state index contributed by atoms with van der Waals surface area (Å²) < 4.78 is 5.83. The second kappa shape index (κ2) is 8.00. The fourth-order valence-electron chi connectivity index (χ4n) is 3.68. The van der Waals surface area contributed by atoms with E-state index in [1.165, 1.54) is 0 Å². The number of anilines is 1. The van der Waals surface area contributed by atoms with Gasteiger partial charge in [-0.2, -0.15) is 0 Å². The number of carbonyl (C=O) groups excluding carboxylic acids is 2. The molecule has 0 unspecified atom stereocenters. The maximum absolute atomic E-state index is 13.1. The molecule has 1 saturated heterocycles. The van der Waals surface area contributed by atoms with Crippen LogP contribution in [0.25, 0.3) is 0 Å². The van der Waals surface area contributed by atoms with Crippen molar-refractivity contribution in [2.75, 3.05) is 18.5 Å². The number of amides is 3. The number of hydrogen-bond donors (Lipinski definition) is 2. The lowest BCUT2D eigenvalue weighted by molar-refractivity contribution is 0.0548. The van der Waals surface area contributed by atoms with Gasteiger partial charge in [-0.3, -0.25) is 4.79 Å². The van der Waals surface area contributed by atoms with Gasteiger partial charge in [0.15, 0.2) is 0 Å². The molecule has 4 rings (SSSR count). The predicted molar refractivity (Wildman–Crippen MR) is 105 cm³/mol. The van der Waals surface area contributed by atoms with Crippen LogP contribution in [0.15, 0.2) is 35.7 Å². The molecule has 2 aliphatic rings. The summed E-state index contributed by atoms with van der Waals surface area (Å²) in [7, 11) is 0. The molecule has 1 aromatic heterocycles. The monoisotopic (exact) mass is 385 g/mol. The quantitative estimate of drug-likeness (QED) is 0.843. The van der Waals surface area contributed by atoms with E-state index in [0.717, 1.165) is 37.1 Å². The molecule has 7 heteroatoms. The number of thiophene rings is 1. The molecule has 2 N–H and O–H groups in total. The normalized spacial score (nSPS) is 19.2. The fourth-order valence-corrected chi connectivity index (χ4v) is 4.33. The molecule has 3 heterocycles. The Labute approximate surface area is 162 Å². The first-order valence-electron chi connectivity index (χ1n) is 9.36. The van der Waals surface area contributed by atoms with Gasteiger partial charge in [0, 0.05) is 29.6 Å². The third-order valence-electron chi connectivity index (χ3n) is 5.07. The number of ether oxygens (including phenoxy) is 1. The molecule has 1 atom stereocenters. The molecule has 2 aliphatic heterocycles. The Kier molecular flexibility index (Phi) is 5.29. The van der Waals surface area contributed by atoms with E-state index in [4.69, 9.17) is 4.74 Å². The van der Waals surface area contributed by atoms with E-state index in [0.29, 0.717) is 30.2 Å². The zero-order chi connectivity index (χ0) is 18.6. The second-order valence-electron chi connectivity index (χ2n) is 6.88. The van der Waals surface area contributed by atoms with E-state index < -0.39 is 0 Å². The number of rotatable bonds is 3. The van der Waals surface area contributed by atoms with Crippen molar-refractivity contribution in [1.82, 2.24) is 10.2 Å². The van der Waals surface area contributed by atoms with Gasteiger partial charge in [0.05, 0.1) is 18.7 Å². The average molecular weight is 385 g/mol. The van der Waals surface area contributed by atoms with Crippen molar-refractivity contribution in [2.45, 2.75) is 38.3 Å².